The predicted molar refractivity (Wildman–Crippen MR) is 76.3 cm³/mol. The normalized spacial score (nSPS) is 10.2. The Labute approximate surface area is 116 Å². The Morgan fingerprint density at radius 3 is 2.47 bits per heavy atom. The van der Waals surface area contributed by atoms with E-state index < -0.39 is 0 Å². The molecule has 1 amide bonds. The molecular formula is C15H14ClNO2. The third-order valence-corrected chi connectivity index (χ3v) is 3.05. The lowest BCUT2D eigenvalue weighted by atomic mass is 10.1. The van der Waals surface area contributed by atoms with Crippen molar-refractivity contribution in [3.05, 3.63) is 65.2 Å². The highest BCUT2D eigenvalue weighted by Gasteiger charge is 2.06. The van der Waals surface area contributed by atoms with Crippen LogP contribution in [0.5, 0.6) is 0 Å². The van der Waals surface area contributed by atoms with Gasteiger partial charge in [0.15, 0.2) is 0 Å². The van der Waals surface area contributed by atoms with Gasteiger partial charge in [0, 0.05) is 17.1 Å². The van der Waals surface area contributed by atoms with E-state index in [0.29, 0.717) is 17.1 Å². The van der Waals surface area contributed by atoms with Gasteiger partial charge in [-0.3, -0.25) is 4.79 Å². The Bertz CT molecular complexity index is 567. The van der Waals surface area contributed by atoms with Crippen LogP contribution in [0.2, 0.25) is 0 Å². The fourth-order valence-corrected chi connectivity index (χ4v) is 1.87. The second kappa shape index (κ2) is 6.36. The maximum absolute atomic E-state index is 12.0. The molecule has 0 spiro atoms. The van der Waals surface area contributed by atoms with Crippen molar-refractivity contribution >= 4 is 23.2 Å². The Morgan fingerprint density at radius 2 is 1.84 bits per heavy atom. The molecular weight excluding hydrogens is 262 g/mol. The van der Waals surface area contributed by atoms with Gasteiger partial charge in [-0.15, -0.1) is 11.6 Å². The minimum Gasteiger partial charge on any atom is -0.392 e. The first-order valence-corrected chi connectivity index (χ1v) is 6.42. The van der Waals surface area contributed by atoms with Gasteiger partial charge in [-0.25, -0.2) is 0 Å². The van der Waals surface area contributed by atoms with Crippen molar-refractivity contribution in [2.24, 2.45) is 0 Å². The summed E-state index contributed by atoms with van der Waals surface area (Å²) >= 11 is 5.70. The van der Waals surface area contributed by atoms with Crippen molar-refractivity contribution in [1.29, 1.82) is 0 Å². The minimum absolute atomic E-state index is 0.0475. The Morgan fingerprint density at radius 1 is 1.11 bits per heavy atom. The predicted octanol–water partition coefficient (Wildman–Crippen LogP) is 3.17. The van der Waals surface area contributed by atoms with Gasteiger partial charge in [0.25, 0.3) is 5.91 Å². The summed E-state index contributed by atoms with van der Waals surface area (Å²) in [4.78, 5) is 12.0. The van der Waals surface area contributed by atoms with Gasteiger partial charge in [0.1, 0.15) is 0 Å². The fraction of sp³-hybridized carbons (Fsp3) is 0.133. The number of nitrogens with one attached hydrogen (secondary N) is 1. The van der Waals surface area contributed by atoms with Crippen LogP contribution in [0.3, 0.4) is 0 Å². The summed E-state index contributed by atoms with van der Waals surface area (Å²) < 4.78 is 0. The van der Waals surface area contributed by atoms with Crippen LogP contribution in [0.25, 0.3) is 0 Å². The monoisotopic (exact) mass is 275 g/mol. The molecule has 0 atom stereocenters. The largest absolute Gasteiger partial charge is 0.392 e. The van der Waals surface area contributed by atoms with Crippen molar-refractivity contribution < 1.29 is 9.90 Å². The quantitative estimate of drug-likeness (QED) is 0.842. The molecule has 98 valence electrons. The van der Waals surface area contributed by atoms with Crippen LogP contribution in [-0.2, 0) is 12.5 Å². The zero-order valence-corrected chi connectivity index (χ0v) is 11.0. The van der Waals surface area contributed by atoms with Crippen molar-refractivity contribution in [3.63, 3.8) is 0 Å². The third kappa shape index (κ3) is 3.56. The zero-order valence-electron chi connectivity index (χ0n) is 10.3. The first-order chi connectivity index (χ1) is 9.22. The van der Waals surface area contributed by atoms with Gasteiger partial charge in [-0.05, 0) is 35.4 Å². The number of aliphatic hydroxyl groups is 1. The van der Waals surface area contributed by atoms with Crippen LogP contribution < -0.4 is 5.32 Å². The van der Waals surface area contributed by atoms with Crippen LogP contribution in [-0.4, -0.2) is 11.0 Å². The standard InChI is InChI=1S/C15H14ClNO2/c16-9-11-4-6-13(7-5-11)15(19)17-14-3-1-2-12(8-14)10-18/h1-8,18H,9-10H2,(H,17,19). The lowest BCUT2D eigenvalue weighted by Gasteiger charge is -2.07. The number of benzene rings is 2. The molecule has 0 bridgehead atoms. The first-order valence-electron chi connectivity index (χ1n) is 5.89. The van der Waals surface area contributed by atoms with Gasteiger partial charge < -0.3 is 10.4 Å². The smallest absolute Gasteiger partial charge is 0.255 e. The molecule has 0 fully saturated rings. The number of hydrogen-bond donors (Lipinski definition) is 2. The summed E-state index contributed by atoms with van der Waals surface area (Å²) in [5.41, 5.74) is 2.97. The molecule has 0 saturated heterocycles. The van der Waals surface area contributed by atoms with Crippen molar-refractivity contribution in [2.75, 3.05) is 5.32 Å². The number of halogens is 1. The van der Waals surface area contributed by atoms with Gasteiger partial charge in [-0.2, -0.15) is 0 Å². The summed E-state index contributed by atoms with van der Waals surface area (Å²) in [5.74, 6) is 0.247. The summed E-state index contributed by atoms with van der Waals surface area (Å²) in [6.45, 7) is -0.0475. The van der Waals surface area contributed by atoms with E-state index in [1.54, 1.807) is 36.4 Å². The van der Waals surface area contributed by atoms with E-state index in [2.05, 4.69) is 5.32 Å². The van der Waals surface area contributed by atoms with Crippen LogP contribution in [0.1, 0.15) is 21.5 Å². The fourth-order valence-electron chi connectivity index (χ4n) is 1.70. The highest BCUT2D eigenvalue weighted by molar-refractivity contribution is 6.17. The topological polar surface area (TPSA) is 49.3 Å². The van der Waals surface area contributed by atoms with Gasteiger partial charge in [-0.1, -0.05) is 24.3 Å². The Hall–Kier alpha value is -1.84. The summed E-state index contributed by atoms with van der Waals surface area (Å²) in [6, 6.07) is 14.2. The minimum atomic E-state index is -0.184. The first kappa shape index (κ1) is 13.6. The lowest BCUT2D eigenvalue weighted by Crippen LogP contribution is -2.11. The molecule has 0 aliphatic carbocycles. The Balaban J connectivity index is 2.11. The highest BCUT2D eigenvalue weighted by Crippen LogP contribution is 2.13. The average Bonchev–Trinajstić information content (AvgIpc) is 2.47. The molecule has 19 heavy (non-hydrogen) atoms. The van der Waals surface area contributed by atoms with E-state index in [0.717, 1.165) is 11.1 Å². The maximum Gasteiger partial charge on any atom is 0.255 e. The molecule has 3 nitrogen and oxygen atoms in total. The lowest BCUT2D eigenvalue weighted by molar-refractivity contribution is 0.102. The number of carbonyl (C=O) groups excluding carboxylic acids is 1. The Kier molecular flexibility index (Phi) is 4.55. The zero-order chi connectivity index (χ0) is 13.7. The van der Waals surface area contributed by atoms with Crippen LogP contribution in [0, 0.1) is 0 Å². The molecule has 0 aliphatic rings. The van der Waals surface area contributed by atoms with E-state index in [4.69, 9.17) is 16.7 Å². The molecule has 0 aliphatic heterocycles. The molecule has 2 N–H and O–H groups in total. The van der Waals surface area contributed by atoms with E-state index in [1.165, 1.54) is 0 Å². The summed E-state index contributed by atoms with van der Waals surface area (Å²) in [6.07, 6.45) is 0. The van der Waals surface area contributed by atoms with E-state index in [9.17, 15) is 4.79 Å². The van der Waals surface area contributed by atoms with Crippen LogP contribution in [0.4, 0.5) is 5.69 Å². The number of alkyl halides is 1. The van der Waals surface area contributed by atoms with Crippen LogP contribution >= 0.6 is 11.6 Å². The summed E-state index contributed by atoms with van der Waals surface area (Å²) in [7, 11) is 0. The molecule has 2 aromatic carbocycles. The maximum atomic E-state index is 12.0. The SMILES string of the molecule is O=C(Nc1cccc(CO)c1)c1ccc(CCl)cc1. The van der Waals surface area contributed by atoms with E-state index in [-0.39, 0.29) is 12.5 Å². The van der Waals surface area contributed by atoms with Crippen LogP contribution in [0.15, 0.2) is 48.5 Å². The second-order valence-electron chi connectivity index (χ2n) is 4.14. The molecule has 4 heteroatoms. The number of hydrogen-bond acceptors (Lipinski definition) is 2. The molecule has 2 aromatic rings. The second-order valence-corrected chi connectivity index (χ2v) is 4.41. The van der Waals surface area contributed by atoms with Crippen molar-refractivity contribution in [3.8, 4) is 0 Å². The van der Waals surface area contributed by atoms with Gasteiger partial charge in [0.2, 0.25) is 0 Å². The number of carbonyl (C=O) groups is 1. The number of aliphatic hydroxyl groups excluding tert-OH is 1. The van der Waals surface area contributed by atoms with Crippen molar-refractivity contribution in [1.82, 2.24) is 0 Å². The average molecular weight is 276 g/mol. The highest BCUT2D eigenvalue weighted by atomic mass is 35.5. The molecule has 0 heterocycles. The van der Waals surface area contributed by atoms with E-state index in [1.807, 2.05) is 12.1 Å². The number of anilines is 1. The number of rotatable bonds is 4. The molecule has 2 rings (SSSR count). The molecule has 0 radical (unpaired) electrons. The number of amides is 1. The van der Waals surface area contributed by atoms with Gasteiger partial charge in [0.05, 0.1) is 6.61 Å². The third-order valence-electron chi connectivity index (χ3n) is 2.74. The summed E-state index contributed by atoms with van der Waals surface area (Å²) in [5, 5.41) is 11.8. The molecule has 0 saturated carbocycles. The van der Waals surface area contributed by atoms with Gasteiger partial charge >= 0.3 is 0 Å². The van der Waals surface area contributed by atoms with E-state index >= 15 is 0 Å². The van der Waals surface area contributed by atoms with Crippen molar-refractivity contribution in [2.45, 2.75) is 12.5 Å². The molecule has 0 aromatic heterocycles. The molecule has 0 unspecified atom stereocenters.